The predicted octanol–water partition coefficient (Wildman–Crippen LogP) is -0.389. The Morgan fingerprint density at radius 2 is 1.95 bits per heavy atom. The number of nitrogens with two attached hydrogens (primary N) is 1. The number of amides is 1. The van der Waals surface area contributed by atoms with E-state index in [1.807, 2.05) is 0 Å². The van der Waals surface area contributed by atoms with E-state index in [1.54, 1.807) is 0 Å². The summed E-state index contributed by atoms with van der Waals surface area (Å²) in [6.07, 6.45) is 4.83. The van der Waals surface area contributed by atoms with Crippen LogP contribution in [0.4, 0.5) is 0 Å². The van der Waals surface area contributed by atoms with E-state index in [0.717, 1.165) is 25.7 Å². The summed E-state index contributed by atoms with van der Waals surface area (Å²) in [5.41, 5.74) is 5.10. The smallest absolute Gasteiger partial charge is 0.327 e. The van der Waals surface area contributed by atoms with Crippen molar-refractivity contribution in [1.29, 1.82) is 0 Å². The van der Waals surface area contributed by atoms with Gasteiger partial charge in [-0.2, -0.15) is 0 Å². The number of hydrogen-bond donors (Lipinski definition) is 4. The molecule has 0 radical (unpaired) electrons. The van der Waals surface area contributed by atoms with Crippen LogP contribution in [-0.2, 0) is 0 Å². The third-order valence-electron chi connectivity index (χ3n) is 3.96. The summed E-state index contributed by atoms with van der Waals surface area (Å²) in [6, 6.07) is 1.74. The van der Waals surface area contributed by atoms with Crippen LogP contribution in [-0.4, -0.2) is 32.9 Å². The number of aromatic amines is 2. The number of aromatic nitrogens is 3. The third-order valence-corrected chi connectivity index (χ3v) is 3.96. The van der Waals surface area contributed by atoms with E-state index in [-0.39, 0.29) is 29.0 Å². The Balaban J connectivity index is 1.82. The van der Waals surface area contributed by atoms with Crippen LogP contribution in [0.15, 0.2) is 21.9 Å². The minimum Gasteiger partial charge on any atom is -0.349 e. The fourth-order valence-electron chi connectivity index (χ4n) is 2.70. The maximum atomic E-state index is 12.2. The van der Waals surface area contributed by atoms with E-state index in [2.05, 4.69) is 20.3 Å². The molecule has 2 heterocycles. The maximum Gasteiger partial charge on any atom is 0.327 e. The number of pyridine rings is 1. The second kappa shape index (κ2) is 5.72. The Bertz CT molecular complexity index is 817. The van der Waals surface area contributed by atoms with Gasteiger partial charge in [-0.25, -0.2) is 9.78 Å². The van der Waals surface area contributed by atoms with Crippen molar-refractivity contribution in [2.45, 2.75) is 37.8 Å². The number of carbonyl (C=O) groups is 1. The third kappa shape index (κ3) is 2.91. The molecule has 0 atom stereocenters. The Labute approximate surface area is 125 Å². The van der Waals surface area contributed by atoms with Crippen molar-refractivity contribution in [3.8, 4) is 0 Å². The Morgan fingerprint density at radius 3 is 2.68 bits per heavy atom. The van der Waals surface area contributed by atoms with Gasteiger partial charge in [-0.05, 0) is 31.7 Å². The molecule has 2 aromatic heterocycles. The number of carbonyl (C=O) groups excluding carboxylic acids is 1. The van der Waals surface area contributed by atoms with Gasteiger partial charge in [0, 0.05) is 18.3 Å². The van der Waals surface area contributed by atoms with E-state index in [0.29, 0.717) is 5.56 Å². The first-order valence-corrected chi connectivity index (χ1v) is 7.22. The molecule has 1 fully saturated rings. The molecule has 1 aliphatic rings. The molecule has 0 saturated heterocycles. The molecule has 0 aliphatic heterocycles. The Hall–Kier alpha value is -2.48. The van der Waals surface area contributed by atoms with Crippen molar-refractivity contribution in [3.05, 3.63) is 38.7 Å². The zero-order valence-corrected chi connectivity index (χ0v) is 11.9. The van der Waals surface area contributed by atoms with Gasteiger partial charge in [0.15, 0.2) is 0 Å². The molecule has 116 valence electrons. The summed E-state index contributed by atoms with van der Waals surface area (Å²) in [6.45, 7) is 0. The standard InChI is InChI=1S/C14H17N5O3/c15-8-1-3-9(4-2-8)17-12(20)7-5-10-11(16-6-7)18-14(22)19-13(10)21/h5-6,8-9H,1-4,15H2,(H,17,20)(H2,16,18,19,21,22). The Kier molecular flexibility index (Phi) is 3.76. The molecule has 1 aliphatic carbocycles. The van der Waals surface area contributed by atoms with Crippen LogP contribution in [0.25, 0.3) is 11.0 Å². The second-order valence-corrected chi connectivity index (χ2v) is 5.61. The molecule has 0 spiro atoms. The lowest BCUT2D eigenvalue weighted by Crippen LogP contribution is -2.40. The van der Waals surface area contributed by atoms with Crippen LogP contribution in [0.2, 0.25) is 0 Å². The van der Waals surface area contributed by atoms with Crippen molar-refractivity contribution in [3.63, 3.8) is 0 Å². The predicted molar refractivity (Wildman–Crippen MR) is 80.7 cm³/mol. The van der Waals surface area contributed by atoms with Gasteiger partial charge in [0.25, 0.3) is 11.5 Å². The minimum atomic E-state index is -0.624. The van der Waals surface area contributed by atoms with E-state index >= 15 is 0 Å². The van der Waals surface area contributed by atoms with E-state index < -0.39 is 11.2 Å². The van der Waals surface area contributed by atoms with Crippen LogP contribution < -0.4 is 22.3 Å². The maximum absolute atomic E-state index is 12.2. The molecular formula is C14H17N5O3. The van der Waals surface area contributed by atoms with Crippen molar-refractivity contribution in [2.75, 3.05) is 0 Å². The van der Waals surface area contributed by atoms with Gasteiger partial charge in [0.1, 0.15) is 5.65 Å². The highest BCUT2D eigenvalue weighted by Crippen LogP contribution is 2.17. The molecule has 8 nitrogen and oxygen atoms in total. The first kappa shape index (κ1) is 14.5. The molecule has 0 unspecified atom stereocenters. The molecule has 22 heavy (non-hydrogen) atoms. The van der Waals surface area contributed by atoms with E-state index in [1.165, 1.54) is 12.3 Å². The lowest BCUT2D eigenvalue weighted by Gasteiger charge is -2.26. The normalized spacial score (nSPS) is 21.7. The minimum absolute atomic E-state index is 0.0943. The number of hydrogen-bond acceptors (Lipinski definition) is 5. The van der Waals surface area contributed by atoms with Gasteiger partial charge >= 0.3 is 5.69 Å². The second-order valence-electron chi connectivity index (χ2n) is 5.61. The number of nitrogens with zero attached hydrogens (tertiary/aromatic N) is 1. The summed E-state index contributed by atoms with van der Waals surface area (Å²) < 4.78 is 0. The molecule has 2 aromatic rings. The van der Waals surface area contributed by atoms with Gasteiger partial charge in [-0.15, -0.1) is 0 Å². The SMILES string of the molecule is NC1CCC(NC(=O)c2cnc3[nH]c(=O)[nH]c(=O)c3c2)CC1. The van der Waals surface area contributed by atoms with E-state index in [4.69, 9.17) is 5.73 Å². The molecule has 8 heteroatoms. The van der Waals surface area contributed by atoms with Crippen LogP contribution in [0.5, 0.6) is 0 Å². The quantitative estimate of drug-likeness (QED) is 0.599. The number of rotatable bonds is 2. The summed E-state index contributed by atoms with van der Waals surface area (Å²) in [7, 11) is 0. The number of fused-ring (bicyclic) bond motifs is 1. The van der Waals surface area contributed by atoms with Crippen molar-refractivity contribution < 1.29 is 4.79 Å². The molecule has 0 bridgehead atoms. The lowest BCUT2D eigenvalue weighted by atomic mass is 9.91. The van der Waals surface area contributed by atoms with Crippen LogP contribution in [0.1, 0.15) is 36.0 Å². The Morgan fingerprint density at radius 1 is 1.23 bits per heavy atom. The largest absolute Gasteiger partial charge is 0.349 e. The first-order chi connectivity index (χ1) is 10.5. The highest BCUT2D eigenvalue weighted by Gasteiger charge is 2.21. The van der Waals surface area contributed by atoms with Gasteiger partial charge in [-0.3, -0.25) is 19.6 Å². The van der Waals surface area contributed by atoms with E-state index in [9.17, 15) is 14.4 Å². The summed E-state index contributed by atoms with van der Waals surface area (Å²) in [5.74, 6) is -0.277. The fourth-order valence-corrected chi connectivity index (χ4v) is 2.70. The van der Waals surface area contributed by atoms with Crippen molar-refractivity contribution in [2.24, 2.45) is 5.73 Å². The average molecular weight is 303 g/mol. The summed E-state index contributed by atoms with van der Waals surface area (Å²) in [5, 5.41) is 3.11. The van der Waals surface area contributed by atoms with Crippen molar-refractivity contribution >= 4 is 16.9 Å². The van der Waals surface area contributed by atoms with Gasteiger partial charge in [0.05, 0.1) is 10.9 Å². The zero-order chi connectivity index (χ0) is 15.7. The average Bonchev–Trinajstić information content (AvgIpc) is 2.49. The summed E-state index contributed by atoms with van der Waals surface area (Å²) in [4.78, 5) is 43.7. The molecule has 1 amide bonds. The molecule has 3 rings (SSSR count). The highest BCUT2D eigenvalue weighted by molar-refractivity contribution is 5.96. The van der Waals surface area contributed by atoms with Crippen LogP contribution in [0, 0.1) is 0 Å². The van der Waals surface area contributed by atoms with Crippen LogP contribution in [0.3, 0.4) is 0 Å². The van der Waals surface area contributed by atoms with Gasteiger partial charge in [0.2, 0.25) is 0 Å². The van der Waals surface area contributed by atoms with Gasteiger partial charge in [-0.1, -0.05) is 0 Å². The van der Waals surface area contributed by atoms with Crippen molar-refractivity contribution in [1.82, 2.24) is 20.3 Å². The zero-order valence-electron chi connectivity index (χ0n) is 11.9. The highest BCUT2D eigenvalue weighted by atomic mass is 16.2. The molecule has 0 aromatic carbocycles. The number of nitrogens with one attached hydrogen (secondary N) is 3. The molecule has 5 N–H and O–H groups in total. The van der Waals surface area contributed by atoms with Gasteiger partial charge < -0.3 is 11.1 Å². The molecular weight excluding hydrogens is 286 g/mol. The lowest BCUT2D eigenvalue weighted by molar-refractivity contribution is 0.0925. The first-order valence-electron chi connectivity index (χ1n) is 7.22. The number of H-pyrrole nitrogens is 2. The molecule has 1 saturated carbocycles. The van der Waals surface area contributed by atoms with Crippen LogP contribution >= 0.6 is 0 Å². The monoisotopic (exact) mass is 303 g/mol. The summed E-state index contributed by atoms with van der Waals surface area (Å²) >= 11 is 0. The fraction of sp³-hybridized carbons (Fsp3) is 0.429. The topological polar surface area (TPSA) is 134 Å².